The Hall–Kier alpha value is -2.87. The molecule has 0 spiro atoms. The second-order valence-corrected chi connectivity index (χ2v) is 9.46. The molecule has 8 heteroatoms. The number of carbonyl (C=O) groups excluding carboxylic acids is 1. The molecule has 1 N–H and O–H groups in total. The molecule has 0 saturated heterocycles. The lowest BCUT2D eigenvalue weighted by Gasteiger charge is -2.17. The molecule has 6 nitrogen and oxygen atoms in total. The zero-order valence-electron chi connectivity index (χ0n) is 21.6. The van der Waals surface area contributed by atoms with Crippen LogP contribution in [0.4, 0.5) is 9.39 Å². The predicted molar refractivity (Wildman–Crippen MR) is 141 cm³/mol. The van der Waals surface area contributed by atoms with Gasteiger partial charge in [-0.05, 0) is 63.6 Å². The Morgan fingerprint density at radius 1 is 1.26 bits per heavy atom. The standard InChI is InChI=1S/C20H27FO3.C7H10N2OS/c1-6-18(21)17(13-14(2)12-15(3)22)16-10-8-7-9-11-19(23-4)20(16)24-5;1-9(5-2-3-5)7-4-6(10)8-11-7/h8,10-11,13H,6-7,9,12H2,1-5H3;4-5H,2-3H2,1H3,(H,8,10)/b10-8-,14-13-,18-17-,19-11+,20-16-;. The third-order valence-electron chi connectivity index (χ3n) is 5.60. The van der Waals surface area contributed by atoms with E-state index in [4.69, 9.17) is 9.47 Å². The number of rotatable bonds is 9. The van der Waals surface area contributed by atoms with Crippen LogP contribution in [-0.2, 0) is 14.3 Å². The number of halogens is 1. The molecule has 0 radical (unpaired) electrons. The third kappa shape index (κ3) is 8.69. The number of anilines is 1. The number of H-pyrrole nitrogens is 1. The van der Waals surface area contributed by atoms with Crippen molar-refractivity contribution in [3.63, 3.8) is 0 Å². The number of methoxy groups -OCH3 is 2. The monoisotopic (exact) mass is 504 g/mol. The summed E-state index contributed by atoms with van der Waals surface area (Å²) in [6, 6.07) is 2.34. The third-order valence-corrected chi connectivity index (χ3v) is 6.52. The molecule has 1 heterocycles. The van der Waals surface area contributed by atoms with Crippen LogP contribution in [0.25, 0.3) is 0 Å². The van der Waals surface area contributed by atoms with Crippen molar-refractivity contribution in [2.75, 3.05) is 26.2 Å². The summed E-state index contributed by atoms with van der Waals surface area (Å²) in [5.74, 6) is 0.893. The van der Waals surface area contributed by atoms with Crippen LogP contribution in [0.2, 0.25) is 0 Å². The second-order valence-electron chi connectivity index (χ2n) is 8.63. The first-order valence-electron chi connectivity index (χ1n) is 11.9. The molecule has 1 aromatic rings. The fourth-order valence-corrected chi connectivity index (χ4v) is 4.41. The highest BCUT2D eigenvalue weighted by Gasteiger charge is 2.27. The van der Waals surface area contributed by atoms with Crippen LogP contribution in [0.15, 0.2) is 69.2 Å². The first-order chi connectivity index (χ1) is 16.7. The van der Waals surface area contributed by atoms with Crippen LogP contribution >= 0.6 is 11.5 Å². The number of nitrogens with one attached hydrogen (secondary N) is 1. The van der Waals surface area contributed by atoms with E-state index in [0.29, 0.717) is 35.1 Å². The Bertz CT molecular complexity index is 1090. The summed E-state index contributed by atoms with van der Waals surface area (Å²) in [5, 5.41) is 1.05. The summed E-state index contributed by atoms with van der Waals surface area (Å²) in [4.78, 5) is 24.3. The minimum Gasteiger partial charge on any atom is -0.493 e. The first-order valence-corrected chi connectivity index (χ1v) is 12.7. The second kappa shape index (κ2) is 13.9. The van der Waals surface area contributed by atoms with Gasteiger partial charge >= 0.3 is 0 Å². The van der Waals surface area contributed by atoms with Crippen molar-refractivity contribution in [2.45, 2.75) is 65.3 Å². The Labute approximate surface area is 211 Å². The van der Waals surface area contributed by atoms with E-state index < -0.39 is 0 Å². The maximum Gasteiger partial charge on any atom is 0.260 e. The summed E-state index contributed by atoms with van der Waals surface area (Å²) >= 11 is 1.41. The van der Waals surface area contributed by atoms with Gasteiger partial charge in [-0.2, -0.15) is 0 Å². The van der Waals surface area contributed by atoms with Gasteiger partial charge in [-0.3, -0.25) is 14.0 Å². The molecule has 0 atom stereocenters. The summed E-state index contributed by atoms with van der Waals surface area (Å²) in [6.07, 6.45) is 12.3. The highest BCUT2D eigenvalue weighted by Crippen LogP contribution is 2.32. The number of Topliss-reactive ketones (excluding diaryl/α,β-unsaturated/α-hetero) is 1. The van der Waals surface area contributed by atoms with Gasteiger partial charge in [0.15, 0.2) is 11.5 Å². The summed E-state index contributed by atoms with van der Waals surface area (Å²) < 4.78 is 28.2. The molecule has 0 aliphatic heterocycles. The zero-order chi connectivity index (χ0) is 26.0. The summed E-state index contributed by atoms with van der Waals surface area (Å²) in [6.45, 7) is 5.12. The minimum absolute atomic E-state index is 0.0116. The molecule has 0 bridgehead atoms. The van der Waals surface area contributed by atoms with Gasteiger partial charge in [-0.25, -0.2) is 4.39 Å². The van der Waals surface area contributed by atoms with E-state index in [1.807, 2.05) is 32.2 Å². The number of hydrogen-bond acceptors (Lipinski definition) is 6. The molecule has 1 saturated carbocycles. The molecular weight excluding hydrogens is 467 g/mol. The zero-order valence-corrected chi connectivity index (χ0v) is 22.4. The molecule has 2 aliphatic carbocycles. The van der Waals surface area contributed by atoms with Gasteiger partial charge in [0.1, 0.15) is 16.6 Å². The van der Waals surface area contributed by atoms with E-state index in [9.17, 15) is 14.0 Å². The average molecular weight is 505 g/mol. The quantitative estimate of drug-likeness (QED) is 0.396. The maximum absolute atomic E-state index is 14.6. The number of ether oxygens (including phenoxy) is 2. The molecule has 0 amide bonds. The minimum atomic E-state index is -0.247. The molecule has 1 fully saturated rings. The van der Waals surface area contributed by atoms with Crippen molar-refractivity contribution in [3.05, 3.63) is 74.8 Å². The van der Waals surface area contributed by atoms with E-state index in [1.54, 1.807) is 33.3 Å². The highest BCUT2D eigenvalue weighted by atomic mass is 32.1. The summed E-state index contributed by atoms with van der Waals surface area (Å²) in [7, 11) is 5.16. The van der Waals surface area contributed by atoms with E-state index in [1.165, 1.54) is 31.3 Å². The lowest BCUT2D eigenvalue weighted by atomic mass is 9.96. The van der Waals surface area contributed by atoms with Crippen LogP contribution in [0.3, 0.4) is 0 Å². The van der Waals surface area contributed by atoms with E-state index in [2.05, 4.69) is 9.27 Å². The number of hydrogen-bond donors (Lipinski definition) is 1. The van der Waals surface area contributed by atoms with Crippen molar-refractivity contribution in [1.29, 1.82) is 0 Å². The number of ketones is 1. The van der Waals surface area contributed by atoms with Crippen molar-refractivity contribution < 1.29 is 18.7 Å². The fourth-order valence-electron chi connectivity index (χ4n) is 3.68. The lowest BCUT2D eigenvalue weighted by Crippen LogP contribution is -2.18. The number of nitrogens with zero attached hydrogens (tertiary/aromatic N) is 1. The number of aromatic amines is 1. The largest absolute Gasteiger partial charge is 0.493 e. The summed E-state index contributed by atoms with van der Waals surface area (Å²) in [5.41, 5.74) is 1.89. The van der Waals surface area contributed by atoms with Crippen LogP contribution in [0.5, 0.6) is 0 Å². The Morgan fingerprint density at radius 2 is 1.97 bits per heavy atom. The topological polar surface area (TPSA) is 71.6 Å². The van der Waals surface area contributed by atoms with Gasteiger partial charge in [-0.1, -0.05) is 30.7 Å². The van der Waals surface area contributed by atoms with Crippen molar-refractivity contribution in [2.24, 2.45) is 0 Å². The molecule has 3 rings (SSSR count). The maximum atomic E-state index is 14.6. The predicted octanol–water partition coefficient (Wildman–Crippen LogP) is 6.36. The SMILES string of the molecule is CC/C(F)=C(\C=C(\C)CC(C)=O)C1=C(OC)/C(OC)=C\CC/C=C\1.CN(c1cc(=O)[nH]s1)C1CC1. The van der Waals surface area contributed by atoms with Crippen molar-refractivity contribution in [3.8, 4) is 0 Å². The first kappa shape index (κ1) is 28.4. The molecule has 0 aromatic carbocycles. The van der Waals surface area contributed by atoms with E-state index in [0.717, 1.165) is 23.4 Å². The van der Waals surface area contributed by atoms with Crippen LogP contribution in [-0.4, -0.2) is 37.5 Å². The number of aromatic nitrogens is 1. The fraction of sp³-hybridized carbons (Fsp3) is 0.481. The van der Waals surface area contributed by atoms with Gasteiger partial charge in [0, 0.05) is 36.7 Å². The Balaban J connectivity index is 0.000000322. The molecule has 192 valence electrons. The molecule has 0 unspecified atom stereocenters. The Morgan fingerprint density at radius 3 is 2.49 bits per heavy atom. The lowest BCUT2D eigenvalue weighted by molar-refractivity contribution is -0.116. The van der Waals surface area contributed by atoms with Crippen molar-refractivity contribution in [1.82, 2.24) is 4.37 Å². The highest BCUT2D eigenvalue weighted by molar-refractivity contribution is 7.10. The van der Waals surface area contributed by atoms with Gasteiger partial charge in [0.05, 0.1) is 14.2 Å². The van der Waals surface area contributed by atoms with Gasteiger partial charge < -0.3 is 14.4 Å². The Kier molecular flexibility index (Phi) is 11.2. The van der Waals surface area contributed by atoms with Gasteiger partial charge in [0.25, 0.3) is 5.56 Å². The number of carbonyl (C=O) groups is 1. The molecular formula is C27H37FN2O4S. The van der Waals surface area contributed by atoms with Crippen molar-refractivity contribution >= 4 is 22.3 Å². The van der Waals surface area contributed by atoms with Gasteiger partial charge in [-0.15, -0.1) is 0 Å². The number of allylic oxidation sites excluding steroid dienone is 8. The normalized spacial score (nSPS) is 21.3. The molecule has 2 aliphatic rings. The smallest absolute Gasteiger partial charge is 0.260 e. The van der Waals surface area contributed by atoms with E-state index >= 15 is 0 Å². The van der Waals surface area contributed by atoms with Gasteiger partial charge in [0.2, 0.25) is 0 Å². The average Bonchev–Trinajstić information content (AvgIpc) is 3.57. The molecule has 35 heavy (non-hydrogen) atoms. The van der Waals surface area contributed by atoms with E-state index in [-0.39, 0.29) is 23.6 Å². The molecule has 1 aromatic heterocycles. The van der Waals surface area contributed by atoms with Crippen LogP contribution in [0.1, 0.15) is 59.3 Å². The van der Waals surface area contributed by atoms with Crippen LogP contribution < -0.4 is 10.5 Å². The van der Waals surface area contributed by atoms with Crippen LogP contribution in [0, 0.1) is 0 Å².